The van der Waals surface area contributed by atoms with Crippen LogP contribution in [-0.4, -0.2) is 17.4 Å². The van der Waals surface area contributed by atoms with Crippen LogP contribution in [0.15, 0.2) is 24.8 Å². The topological polar surface area (TPSA) is 54.4 Å². The summed E-state index contributed by atoms with van der Waals surface area (Å²) in [5.74, 6) is 0.309. The maximum Gasteiger partial charge on any atom is 0.303 e. The molecule has 0 rings (SSSR count). The first-order chi connectivity index (χ1) is 9.40. The molecule has 3 heteroatoms. The largest absolute Gasteiger partial charge is 0.481 e. The monoisotopic (exact) mass is 282 g/mol. The number of hydrogen-bond donors (Lipinski definition) is 1. The Hall–Kier alpha value is -1.38. The van der Waals surface area contributed by atoms with E-state index in [0.29, 0.717) is 23.8 Å². The number of hydrogen-bond acceptors (Lipinski definition) is 2. The van der Waals surface area contributed by atoms with Gasteiger partial charge >= 0.3 is 5.97 Å². The van der Waals surface area contributed by atoms with Crippen molar-refractivity contribution < 1.29 is 14.7 Å². The number of aliphatic carboxylic acids is 1. The Labute approximate surface area is 123 Å². The van der Waals surface area contributed by atoms with Crippen LogP contribution < -0.4 is 0 Å². The Morgan fingerprint density at radius 3 is 2.20 bits per heavy atom. The van der Waals surface area contributed by atoms with Crippen molar-refractivity contribution in [2.75, 3.05) is 0 Å². The molecule has 20 heavy (non-hydrogen) atoms. The van der Waals surface area contributed by atoms with Gasteiger partial charge in [-0.2, -0.15) is 0 Å². The standard InChI is InChI=1S/C12H22O2.C5H8O/c1-4-6-10(3)7-8-11(5-2)9-12(13)14;1-3-5(2)4-6/h4,10-11H,1,5-9H2,2-3H3,(H,13,14);4H,2-3H2,1H3. The number of rotatable bonds is 10. The van der Waals surface area contributed by atoms with Gasteiger partial charge in [0.25, 0.3) is 0 Å². The van der Waals surface area contributed by atoms with E-state index in [-0.39, 0.29) is 0 Å². The smallest absolute Gasteiger partial charge is 0.303 e. The first-order valence-corrected chi connectivity index (χ1v) is 7.36. The summed E-state index contributed by atoms with van der Waals surface area (Å²) >= 11 is 0. The van der Waals surface area contributed by atoms with E-state index in [1.165, 1.54) is 0 Å². The molecule has 0 aliphatic heterocycles. The van der Waals surface area contributed by atoms with Crippen LogP contribution >= 0.6 is 0 Å². The van der Waals surface area contributed by atoms with Gasteiger partial charge in [-0.25, -0.2) is 0 Å². The van der Waals surface area contributed by atoms with Crippen molar-refractivity contribution in [2.24, 2.45) is 11.8 Å². The van der Waals surface area contributed by atoms with Gasteiger partial charge in [0.1, 0.15) is 6.29 Å². The molecule has 0 aromatic heterocycles. The van der Waals surface area contributed by atoms with Crippen molar-refractivity contribution in [3.63, 3.8) is 0 Å². The fraction of sp³-hybridized carbons (Fsp3) is 0.647. The highest BCUT2D eigenvalue weighted by Gasteiger charge is 2.12. The summed E-state index contributed by atoms with van der Waals surface area (Å²) in [6, 6.07) is 0. The van der Waals surface area contributed by atoms with Gasteiger partial charge in [0.15, 0.2) is 0 Å². The van der Waals surface area contributed by atoms with E-state index in [0.717, 1.165) is 38.4 Å². The molecule has 0 spiro atoms. The first kappa shape index (κ1) is 20.9. The molecule has 0 aliphatic rings. The Balaban J connectivity index is 0. The normalized spacial score (nSPS) is 12.6. The highest BCUT2D eigenvalue weighted by Crippen LogP contribution is 2.20. The molecule has 0 aliphatic carbocycles. The van der Waals surface area contributed by atoms with Crippen LogP contribution in [0.3, 0.4) is 0 Å². The van der Waals surface area contributed by atoms with E-state index in [1.54, 1.807) is 0 Å². The third-order valence-electron chi connectivity index (χ3n) is 3.30. The van der Waals surface area contributed by atoms with Crippen LogP contribution in [0.25, 0.3) is 0 Å². The summed E-state index contributed by atoms with van der Waals surface area (Å²) in [4.78, 5) is 20.2. The van der Waals surface area contributed by atoms with Gasteiger partial charge in [0.05, 0.1) is 0 Å². The number of carbonyl (C=O) groups is 2. The fourth-order valence-corrected chi connectivity index (χ4v) is 1.70. The van der Waals surface area contributed by atoms with Gasteiger partial charge in [-0.05, 0) is 36.7 Å². The van der Waals surface area contributed by atoms with E-state index in [2.05, 4.69) is 27.0 Å². The zero-order chi connectivity index (χ0) is 16.0. The molecular formula is C17H30O3. The second kappa shape index (κ2) is 14.0. The lowest BCUT2D eigenvalue weighted by molar-refractivity contribution is -0.138. The number of aldehydes is 1. The van der Waals surface area contributed by atoms with E-state index >= 15 is 0 Å². The zero-order valence-electron chi connectivity index (χ0n) is 13.2. The molecule has 0 radical (unpaired) electrons. The van der Waals surface area contributed by atoms with Crippen LogP contribution in [0.1, 0.15) is 59.3 Å². The predicted octanol–water partition coefficient (Wildman–Crippen LogP) is 4.63. The quantitative estimate of drug-likeness (QED) is 0.361. The minimum absolute atomic E-state index is 0.317. The van der Waals surface area contributed by atoms with E-state index < -0.39 is 5.97 Å². The molecule has 0 aromatic carbocycles. The Morgan fingerprint density at radius 2 is 1.90 bits per heavy atom. The van der Waals surface area contributed by atoms with Crippen LogP contribution in [0, 0.1) is 11.8 Å². The Kier molecular flexibility index (Phi) is 14.7. The van der Waals surface area contributed by atoms with E-state index in [9.17, 15) is 9.59 Å². The maximum absolute atomic E-state index is 10.5. The summed E-state index contributed by atoms with van der Waals surface area (Å²) in [7, 11) is 0. The fourth-order valence-electron chi connectivity index (χ4n) is 1.70. The average molecular weight is 282 g/mol. The summed E-state index contributed by atoms with van der Waals surface area (Å²) in [6.07, 6.45) is 7.93. The van der Waals surface area contributed by atoms with E-state index in [1.807, 2.05) is 13.0 Å². The molecule has 0 saturated carbocycles. The summed E-state index contributed by atoms with van der Waals surface area (Å²) in [5, 5.41) is 8.67. The van der Waals surface area contributed by atoms with Gasteiger partial charge in [0.2, 0.25) is 0 Å². The molecular weight excluding hydrogens is 252 g/mol. The maximum atomic E-state index is 10.5. The van der Waals surface area contributed by atoms with Gasteiger partial charge < -0.3 is 5.11 Å². The number of allylic oxidation sites excluding steroid dienone is 2. The van der Waals surface area contributed by atoms with Gasteiger partial charge in [-0.15, -0.1) is 6.58 Å². The van der Waals surface area contributed by atoms with Crippen molar-refractivity contribution in [2.45, 2.75) is 59.3 Å². The first-order valence-electron chi connectivity index (χ1n) is 7.36. The number of carboxylic acid groups (broad SMARTS) is 1. The van der Waals surface area contributed by atoms with E-state index in [4.69, 9.17) is 5.11 Å². The van der Waals surface area contributed by atoms with Crippen molar-refractivity contribution in [3.8, 4) is 0 Å². The lowest BCUT2D eigenvalue weighted by Gasteiger charge is -2.14. The molecule has 0 aromatic rings. The second-order valence-corrected chi connectivity index (χ2v) is 5.21. The Morgan fingerprint density at radius 1 is 1.30 bits per heavy atom. The minimum atomic E-state index is -0.673. The predicted molar refractivity (Wildman–Crippen MR) is 84.7 cm³/mol. The lowest BCUT2D eigenvalue weighted by Crippen LogP contribution is -2.08. The summed E-state index contributed by atoms with van der Waals surface area (Å²) in [5.41, 5.74) is 0.662. The molecule has 116 valence electrons. The average Bonchev–Trinajstić information content (AvgIpc) is 2.43. The molecule has 2 unspecified atom stereocenters. The SMILES string of the molecule is C=C(C=O)CC.C=CCC(C)CCC(CC)CC(=O)O. The molecule has 0 saturated heterocycles. The molecule has 0 amide bonds. The van der Waals surface area contributed by atoms with Crippen LogP contribution in [0.5, 0.6) is 0 Å². The number of carboxylic acids is 1. The molecule has 2 atom stereocenters. The number of carbonyl (C=O) groups excluding carboxylic acids is 1. The molecule has 0 fully saturated rings. The van der Waals surface area contributed by atoms with Gasteiger partial charge in [0, 0.05) is 6.42 Å². The third kappa shape index (κ3) is 14.7. The van der Waals surface area contributed by atoms with Crippen molar-refractivity contribution >= 4 is 12.3 Å². The molecule has 0 heterocycles. The van der Waals surface area contributed by atoms with Crippen molar-refractivity contribution in [1.29, 1.82) is 0 Å². The van der Waals surface area contributed by atoms with Crippen molar-refractivity contribution in [1.82, 2.24) is 0 Å². The minimum Gasteiger partial charge on any atom is -0.481 e. The summed E-state index contributed by atoms with van der Waals surface area (Å²) in [6.45, 7) is 13.3. The molecule has 3 nitrogen and oxygen atoms in total. The van der Waals surface area contributed by atoms with Crippen LogP contribution in [0.2, 0.25) is 0 Å². The van der Waals surface area contributed by atoms with Crippen LogP contribution in [0.4, 0.5) is 0 Å². The van der Waals surface area contributed by atoms with Gasteiger partial charge in [-0.1, -0.05) is 46.3 Å². The molecule has 1 N–H and O–H groups in total. The Bertz CT molecular complexity index is 295. The van der Waals surface area contributed by atoms with Gasteiger partial charge in [-0.3, -0.25) is 9.59 Å². The molecule has 0 bridgehead atoms. The van der Waals surface area contributed by atoms with Crippen LogP contribution in [-0.2, 0) is 9.59 Å². The highest BCUT2D eigenvalue weighted by molar-refractivity contribution is 5.71. The second-order valence-electron chi connectivity index (χ2n) is 5.21. The summed E-state index contributed by atoms with van der Waals surface area (Å²) < 4.78 is 0. The zero-order valence-corrected chi connectivity index (χ0v) is 13.2. The lowest BCUT2D eigenvalue weighted by atomic mass is 9.91. The highest BCUT2D eigenvalue weighted by atomic mass is 16.4. The third-order valence-corrected chi connectivity index (χ3v) is 3.30. The van der Waals surface area contributed by atoms with Crippen molar-refractivity contribution in [3.05, 3.63) is 24.8 Å².